The number of anilines is 1. The Kier molecular flexibility index (Phi) is 7.22. The zero-order chi connectivity index (χ0) is 31.1. The molecule has 0 N–H and O–H groups in total. The summed E-state index contributed by atoms with van der Waals surface area (Å²) in [6.07, 6.45) is 6.21. The van der Waals surface area contributed by atoms with Crippen molar-refractivity contribution in [2.24, 2.45) is 0 Å². The summed E-state index contributed by atoms with van der Waals surface area (Å²) in [7, 11) is 0. The van der Waals surface area contributed by atoms with Gasteiger partial charge in [0.15, 0.2) is 0 Å². The molecule has 5 heterocycles. The van der Waals surface area contributed by atoms with Gasteiger partial charge in [0, 0.05) is 30.6 Å². The number of hydrogen-bond donors (Lipinski definition) is 0. The van der Waals surface area contributed by atoms with Crippen LogP contribution >= 0.6 is 0 Å². The molecule has 8 nitrogen and oxygen atoms in total. The molecule has 0 spiro atoms. The van der Waals surface area contributed by atoms with Gasteiger partial charge < -0.3 is 14.4 Å². The molecule has 2 atom stereocenters. The molecule has 8 heteroatoms. The maximum absolute atomic E-state index is 6.11. The highest BCUT2D eigenvalue weighted by molar-refractivity contribution is 5.93. The van der Waals surface area contributed by atoms with Crippen LogP contribution in [0.3, 0.4) is 0 Å². The highest BCUT2D eigenvalue weighted by Crippen LogP contribution is 2.44. The molecule has 0 amide bonds. The third kappa shape index (κ3) is 4.90. The number of pyridine rings is 1. The van der Waals surface area contributed by atoms with E-state index < -0.39 is 5.54 Å². The Balaban J connectivity index is 1.40. The van der Waals surface area contributed by atoms with E-state index in [0.717, 1.165) is 70.7 Å². The van der Waals surface area contributed by atoms with Crippen LogP contribution in [0.2, 0.25) is 0 Å². The first-order chi connectivity index (χ1) is 22.6. The lowest BCUT2D eigenvalue weighted by atomic mass is 9.77. The van der Waals surface area contributed by atoms with Crippen LogP contribution in [0, 0.1) is 0 Å². The fourth-order valence-corrected chi connectivity index (χ4v) is 7.10. The average molecular weight is 609 g/mol. The van der Waals surface area contributed by atoms with Gasteiger partial charge in [0.1, 0.15) is 23.4 Å². The minimum Gasteiger partial charge on any atom is -0.475 e. The second-order valence-corrected chi connectivity index (χ2v) is 12.4. The van der Waals surface area contributed by atoms with Gasteiger partial charge in [-0.3, -0.25) is 0 Å². The number of rotatable bonds is 8. The smallest absolute Gasteiger partial charge is 0.214 e. The van der Waals surface area contributed by atoms with E-state index >= 15 is 0 Å². The van der Waals surface area contributed by atoms with Crippen molar-refractivity contribution in [1.82, 2.24) is 24.7 Å². The zero-order valence-corrected chi connectivity index (χ0v) is 26.0. The molecule has 3 aromatic heterocycles. The van der Waals surface area contributed by atoms with E-state index in [1.807, 2.05) is 44.3 Å². The molecule has 0 saturated carbocycles. The molecule has 0 aliphatic carbocycles. The van der Waals surface area contributed by atoms with Crippen LogP contribution in [0.15, 0.2) is 116 Å². The largest absolute Gasteiger partial charge is 0.475 e. The highest BCUT2D eigenvalue weighted by atomic mass is 16.5. The maximum Gasteiger partial charge on any atom is 0.214 e. The summed E-state index contributed by atoms with van der Waals surface area (Å²) in [6.45, 7) is 5.68. The van der Waals surface area contributed by atoms with Gasteiger partial charge in [-0.1, -0.05) is 91.0 Å². The van der Waals surface area contributed by atoms with E-state index in [9.17, 15) is 0 Å². The first kappa shape index (κ1) is 28.4. The molecule has 2 fully saturated rings. The molecule has 2 aliphatic rings. The molecule has 0 radical (unpaired) electrons. The third-order valence-corrected chi connectivity index (χ3v) is 9.05. The van der Waals surface area contributed by atoms with E-state index in [2.05, 4.69) is 88.4 Å². The van der Waals surface area contributed by atoms with Crippen molar-refractivity contribution in [1.29, 1.82) is 0 Å². The monoisotopic (exact) mass is 608 g/mol. The molecule has 2 saturated heterocycles. The van der Waals surface area contributed by atoms with Gasteiger partial charge in [0.2, 0.25) is 5.88 Å². The fraction of sp³-hybridized carbons (Fsp3) is 0.263. The van der Waals surface area contributed by atoms with Crippen LogP contribution in [0.4, 0.5) is 5.82 Å². The fourth-order valence-electron chi connectivity index (χ4n) is 7.10. The van der Waals surface area contributed by atoms with E-state index in [0.29, 0.717) is 5.88 Å². The first-order valence-corrected chi connectivity index (χ1v) is 16.0. The summed E-state index contributed by atoms with van der Waals surface area (Å²) in [5.74, 6) is 1.44. The number of ether oxygens (including phenoxy) is 2. The SMILES string of the molecule is CC(C)Oc1cc2c(-c3cc(N4CC5CCC(C4)O5)ncn3)nn(C(c3ccccc3)(c3ccccc3)c3ccccc3)c2cn1. The molecule has 2 bridgehead atoms. The summed E-state index contributed by atoms with van der Waals surface area (Å²) in [6, 6.07) is 35.8. The average Bonchev–Trinajstić information content (AvgIpc) is 3.65. The Hall–Kier alpha value is -5.08. The number of nitrogens with zero attached hydrogens (tertiary/aromatic N) is 6. The number of morpholine rings is 1. The molecule has 6 aromatic rings. The predicted molar refractivity (Wildman–Crippen MR) is 179 cm³/mol. The lowest BCUT2D eigenvalue weighted by Crippen LogP contribution is -2.43. The van der Waals surface area contributed by atoms with E-state index in [-0.39, 0.29) is 18.3 Å². The Bertz CT molecular complexity index is 1850. The van der Waals surface area contributed by atoms with Gasteiger partial charge in [0.05, 0.1) is 35.7 Å². The number of benzene rings is 3. The van der Waals surface area contributed by atoms with Crippen LogP contribution in [0.5, 0.6) is 5.88 Å². The topological polar surface area (TPSA) is 78.2 Å². The van der Waals surface area contributed by atoms with E-state index in [1.54, 1.807) is 6.33 Å². The second-order valence-electron chi connectivity index (χ2n) is 12.4. The minimum absolute atomic E-state index is 0.0252. The summed E-state index contributed by atoms with van der Waals surface area (Å²) in [5, 5.41) is 6.40. The zero-order valence-electron chi connectivity index (χ0n) is 26.0. The van der Waals surface area contributed by atoms with E-state index in [1.165, 1.54) is 0 Å². The van der Waals surface area contributed by atoms with Gasteiger partial charge in [-0.2, -0.15) is 5.10 Å². The van der Waals surface area contributed by atoms with Gasteiger partial charge in [-0.05, 0) is 43.4 Å². The van der Waals surface area contributed by atoms with E-state index in [4.69, 9.17) is 29.5 Å². The normalized spacial score (nSPS) is 17.9. The molecule has 2 unspecified atom stereocenters. The Morgan fingerprint density at radius 3 is 1.91 bits per heavy atom. The maximum atomic E-state index is 6.11. The van der Waals surface area contributed by atoms with Crippen molar-refractivity contribution in [2.75, 3.05) is 18.0 Å². The summed E-state index contributed by atoms with van der Waals surface area (Å²) in [5.41, 5.74) is 4.79. The van der Waals surface area contributed by atoms with Gasteiger partial charge in [-0.25, -0.2) is 19.6 Å². The van der Waals surface area contributed by atoms with Gasteiger partial charge in [-0.15, -0.1) is 0 Å². The third-order valence-electron chi connectivity index (χ3n) is 9.05. The molecule has 8 rings (SSSR count). The molecule has 3 aromatic carbocycles. The summed E-state index contributed by atoms with van der Waals surface area (Å²) >= 11 is 0. The first-order valence-electron chi connectivity index (χ1n) is 16.0. The number of aromatic nitrogens is 5. The van der Waals surface area contributed by atoms with Crippen molar-refractivity contribution < 1.29 is 9.47 Å². The van der Waals surface area contributed by atoms with Gasteiger partial charge >= 0.3 is 0 Å². The van der Waals surface area contributed by atoms with Crippen molar-refractivity contribution in [2.45, 2.75) is 50.5 Å². The van der Waals surface area contributed by atoms with Crippen molar-refractivity contribution in [3.8, 4) is 17.3 Å². The van der Waals surface area contributed by atoms with Crippen LogP contribution in [0.25, 0.3) is 22.3 Å². The van der Waals surface area contributed by atoms with Crippen LogP contribution in [-0.4, -0.2) is 56.1 Å². The highest BCUT2D eigenvalue weighted by Gasteiger charge is 2.41. The standard InChI is InChI=1S/C38H36N6O2/c1-26(2)45-36-20-32-34(22-39-36)44(42-37(32)33-21-35(41-25-40-33)43-23-30-18-19-31(24-43)46-30)38(27-12-6-3-7-13-27,28-14-8-4-9-15-28)29-16-10-5-11-17-29/h3-17,20-22,25-26,30-31H,18-19,23-24H2,1-2H3. The molecule has 2 aliphatic heterocycles. The second kappa shape index (κ2) is 11.7. The Labute approximate surface area is 268 Å². The number of fused-ring (bicyclic) bond motifs is 3. The number of hydrogen-bond acceptors (Lipinski definition) is 7. The molecular weight excluding hydrogens is 572 g/mol. The summed E-state index contributed by atoms with van der Waals surface area (Å²) < 4.78 is 14.3. The van der Waals surface area contributed by atoms with Crippen molar-refractivity contribution in [3.05, 3.63) is 132 Å². The predicted octanol–water partition coefficient (Wildman–Crippen LogP) is 6.88. The Morgan fingerprint density at radius 1 is 0.761 bits per heavy atom. The van der Waals surface area contributed by atoms with Crippen molar-refractivity contribution >= 4 is 16.7 Å². The molecular formula is C38H36N6O2. The quantitative estimate of drug-likeness (QED) is 0.174. The minimum atomic E-state index is -0.818. The molecule has 230 valence electrons. The van der Waals surface area contributed by atoms with Gasteiger partial charge in [0.25, 0.3) is 0 Å². The molecule has 46 heavy (non-hydrogen) atoms. The lowest BCUT2D eigenvalue weighted by molar-refractivity contribution is 0.0302. The lowest BCUT2D eigenvalue weighted by Gasteiger charge is -2.37. The Morgan fingerprint density at radius 2 is 1.35 bits per heavy atom. The van der Waals surface area contributed by atoms with Crippen LogP contribution in [0.1, 0.15) is 43.4 Å². The summed E-state index contributed by atoms with van der Waals surface area (Å²) in [4.78, 5) is 16.6. The van der Waals surface area contributed by atoms with Crippen LogP contribution < -0.4 is 9.64 Å². The van der Waals surface area contributed by atoms with Crippen LogP contribution in [-0.2, 0) is 10.3 Å². The van der Waals surface area contributed by atoms with Crippen molar-refractivity contribution in [3.63, 3.8) is 0 Å².